The highest BCUT2D eigenvalue weighted by Gasteiger charge is 2.39. The second-order valence-electron chi connectivity index (χ2n) is 4.14. The minimum absolute atomic E-state index is 0.413. The van der Waals surface area contributed by atoms with Gasteiger partial charge in [0, 0.05) is 25.1 Å². The van der Waals surface area contributed by atoms with E-state index in [1.807, 2.05) is 0 Å². The Hall–Kier alpha value is -1.61. The van der Waals surface area contributed by atoms with Crippen LogP contribution in [0.1, 0.15) is 6.42 Å². The summed E-state index contributed by atoms with van der Waals surface area (Å²) in [7, 11) is -3.99. The molecule has 1 aliphatic heterocycles. The Morgan fingerprint density at radius 1 is 1.21 bits per heavy atom. The number of anilines is 1. The molecule has 1 heterocycles. The monoisotopic (exact) mass is 294 g/mol. The normalized spacial score (nSPS) is 20.1. The van der Waals surface area contributed by atoms with E-state index in [1.165, 1.54) is 0 Å². The van der Waals surface area contributed by atoms with E-state index in [-0.39, 0.29) is 0 Å². The van der Waals surface area contributed by atoms with E-state index in [4.69, 9.17) is 5.14 Å². The van der Waals surface area contributed by atoms with Gasteiger partial charge in [0.15, 0.2) is 11.6 Å². The van der Waals surface area contributed by atoms with Gasteiger partial charge in [0.25, 0.3) is 0 Å². The third-order valence-electron chi connectivity index (χ3n) is 2.81. The first-order valence-corrected chi connectivity index (χ1v) is 6.77. The quantitative estimate of drug-likeness (QED) is 0.862. The fourth-order valence-electron chi connectivity index (χ4n) is 1.90. The third kappa shape index (κ3) is 2.56. The molecule has 2 rings (SSSR count). The van der Waals surface area contributed by atoms with Crippen LogP contribution in [0.5, 0.6) is 0 Å². The van der Waals surface area contributed by atoms with Gasteiger partial charge in [0.1, 0.15) is 16.8 Å². The summed E-state index contributed by atoms with van der Waals surface area (Å²) in [6.07, 6.45) is -0.463. The van der Waals surface area contributed by atoms with Crippen LogP contribution in [-0.4, -0.2) is 26.1 Å². The van der Waals surface area contributed by atoms with Crippen LogP contribution in [-0.2, 0) is 14.8 Å². The Morgan fingerprint density at radius 3 is 2.16 bits per heavy atom. The van der Waals surface area contributed by atoms with Crippen LogP contribution in [0.25, 0.3) is 0 Å². The smallest absolute Gasteiger partial charge is 0.228 e. The highest BCUT2D eigenvalue weighted by atomic mass is 32.2. The minimum Gasteiger partial charge on any atom is -0.306 e. The maximum absolute atomic E-state index is 13.5. The van der Waals surface area contributed by atoms with Crippen LogP contribution < -0.4 is 10.0 Å². The summed E-state index contributed by atoms with van der Waals surface area (Å²) >= 11 is 0. The van der Waals surface area contributed by atoms with E-state index in [0.29, 0.717) is 17.0 Å². The fraction of sp³-hybridized carbons (Fsp3) is 0.300. The van der Waals surface area contributed by atoms with Crippen LogP contribution in [0, 0.1) is 17.5 Å². The Kier molecular flexibility index (Phi) is 3.27. The number of sulfonamides is 1. The summed E-state index contributed by atoms with van der Waals surface area (Å²) in [5.74, 6) is -4.47. The number of amides is 1. The molecule has 1 aromatic rings. The van der Waals surface area contributed by atoms with Gasteiger partial charge in [-0.1, -0.05) is 0 Å². The maximum Gasteiger partial charge on any atom is 0.228 e. The molecule has 0 aromatic heterocycles. The molecule has 0 saturated carbocycles. The number of hydrogen-bond acceptors (Lipinski definition) is 3. The molecule has 1 amide bonds. The summed E-state index contributed by atoms with van der Waals surface area (Å²) in [5, 5.41) is 3.66. The largest absolute Gasteiger partial charge is 0.306 e. The molecule has 1 atom stereocenters. The number of nitrogens with zero attached hydrogens (tertiary/aromatic N) is 1. The molecular weight excluding hydrogens is 285 g/mol. The van der Waals surface area contributed by atoms with Crippen molar-refractivity contribution < 1.29 is 26.4 Å². The summed E-state index contributed by atoms with van der Waals surface area (Å²) in [4.78, 5) is 12.2. The molecule has 9 heteroatoms. The summed E-state index contributed by atoms with van der Waals surface area (Å²) in [5.41, 5.74) is -0.766. The lowest BCUT2D eigenvalue weighted by Crippen LogP contribution is -2.32. The number of benzene rings is 1. The van der Waals surface area contributed by atoms with E-state index < -0.39 is 57.3 Å². The second-order valence-corrected chi connectivity index (χ2v) is 5.98. The molecule has 0 aliphatic carbocycles. The van der Waals surface area contributed by atoms with Crippen molar-refractivity contribution in [1.29, 1.82) is 0 Å². The molecule has 2 N–H and O–H groups in total. The molecule has 1 aromatic carbocycles. The zero-order valence-corrected chi connectivity index (χ0v) is 10.3. The molecule has 5 nitrogen and oxygen atoms in total. The molecule has 1 fully saturated rings. The Labute approximate surface area is 106 Å². The van der Waals surface area contributed by atoms with Crippen LogP contribution >= 0.6 is 0 Å². The summed E-state index contributed by atoms with van der Waals surface area (Å²) < 4.78 is 62.0. The Morgan fingerprint density at radius 2 is 1.74 bits per heavy atom. The van der Waals surface area contributed by atoms with Gasteiger partial charge in [-0.05, 0) is 0 Å². The number of carbonyl (C=O) groups is 1. The van der Waals surface area contributed by atoms with E-state index in [0.717, 1.165) is 0 Å². The summed E-state index contributed by atoms with van der Waals surface area (Å²) in [6.45, 7) is -0.461. The van der Waals surface area contributed by atoms with Gasteiger partial charge in [0.05, 0.1) is 0 Å². The number of carbonyl (C=O) groups excluding carboxylic acids is 1. The predicted molar refractivity (Wildman–Crippen MR) is 60.2 cm³/mol. The lowest BCUT2D eigenvalue weighted by Gasteiger charge is -2.17. The van der Waals surface area contributed by atoms with E-state index in [1.54, 1.807) is 0 Å². The molecule has 19 heavy (non-hydrogen) atoms. The number of nitrogens with two attached hydrogens (primary N) is 1. The number of hydrogen-bond donors (Lipinski definition) is 1. The van der Waals surface area contributed by atoms with Crippen LogP contribution in [0.4, 0.5) is 18.9 Å². The van der Waals surface area contributed by atoms with Gasteiger partial charge in [-0.25, -0.2) is 26.7 Å². The first-order valence-electron chi connectivity index (χ1n) is 5.16. The lowest BCUT2D eigenvalue weighted by molar-refractivity contribution is -0.117. The molecule has 0 bridgehead atoms. The number of halogens is 3. The predicted octanol–water partition coefficient (Wildman–Crippen LogP) is 0.498. The van der Waals surface area contributed by atoms with Crippen molar-refractivity contribution in [2.75, 3.05) is 11.4 Å². The minimum atomic E-state index is -3.99. The van der Waals surface area contributed by atoms with Crippen molar-refractivity contribution in [2.45, 2.75) is 11.7 Å². The van der Waals surface area contributed by atoms with Crippen molar-refractivity contribution in [3.05, 3.63) is 29.6 Å². The highest BCUT2D eigenvalue weighted by molar-refractivity contribution is 7.89. The third-order valence-corrected chi connectivity index (χ3v) is 4.05. The second kappa shape index (κ2) is 4.49. The van der Waals surface area contributed by atoms with E-state index >= 15 is 0 Å². The topological polar surface area (TPSA) is 80.5 Å². The van der Waals surface area contributed by atoms with Gasteiger partial charge in [0.2, 0.25) is 15.9 Å². The first kappa shape index (κ1) is 13.8. The van der Waals surface area contributed by atoms with Crippen LogP contribution in [0.2, 0.25) is 0 Å². The van der Waals surface area contributed by atoms with Gasteiger partial charge >= 0.3 is 0 Å². The number of primary sulfonamides is 1. The molecule has 1 unspecified atom stereocenters. The van der Waals surface area contributed by atoms with Crippen LogP contribution in [0.3, 0.4) is 0 Å². The van der Waals surface area contributed by atoms with Crippen molar-refractivity contribution in [2.24, 2.45) is 5.14 Å². The average molecular weight is 294 g/mol. The van der Waals surface area contributed by atoms with E-state index in [2.05, 4.69) is 0 Å². The van der Waals surface area contributed by atoms with Crippen molar-refractivity contribution in [3.63, 3.8) is 0 Å². The Bertz CT molecular complexity index is 624. The van der Waals surface area contributed by atoms with E-state index in [9.17, 15) is 26.4 Å². The molecule has 1 aliphatic rings. The van der Waals surface area contributed by atoms with Gasteiger partial charge < -0.3 is 4.90 Å². The van der Waals surface area contributed by atoms with Gasteiger partial charge in [-0.15, -0.1) is 0 Å². The van der Waals surface area contributed by atoms with Gasteiger partial charge in [-0.3, -0.25) is 4.79 Å². The van der Waals surface area contributed by atoms with Crippen molar-refractivity contribution >= 4 is 21.6 Å². The Balaban J connectivity index is 2.42. The molecule has 0 radical (unpaired) electrons. The first-order chi connectivity index (χ1) is 8.70. The highest BCUT2D eigenvalue weighted by Crippen LogP contribution is 2.29. The zero-order valence-electron chi connectivity index (χ0n) is 9.44. The zero-order chi connectivity index (χ0) is 14.4. The van der Waals surface area contributed by atoms with Crippen molar-refractivity contribution in [3.8, 4) is 0 Å². The number of rotatable bonds is 2. The van der Waals surface area contributed by atoms with Crippen LogP contribution in [0.15, 0.2) is 12.1 Å². The molecule has 1 saturated heterocycles. The average Bonchev–Trinajstić information content (AvgIpc) is 2.59. The summed E-state index contributed by atoms with van der Waals surface area (Å²) in [6, 6.07) is 0.825. The molecule has 0 spiro atoms. The standard InChI is InChI=1S/C10H9F3N2O3S/c11-5-1-7(12)10(8(13)2-5)15-4-6(3-9(15)16)19(14,17)18/h1-2,6H,3-4H2,(H2,14,17,18). The molecule has 104 valence electrons. The lowest BCUT2D eigenvalue weighted by atomic mass is 10.2. The van der Waals surface area contributed by atoms with Gasteiger partial charge in [-0.2, -0.15) is 0 Å². The molecular formula is C10H9F3N2O3S. The maximum atomic E-state index is 13.5. The fourth-order valence-corrected chi connectivity index (χ4v) is 2.64. The SMILES string of the molecule is NS(=O)(=O)C1CC(=O)N(c2c(F)cc(F)cc2F)C1. The van der Waals surface area contributed by atoms with Crippen molar-refractivity contribution in [1.82, 2.24) is 0 Å².